The Hall–Kier alpha value is -3.06. The number of amides is 2. The van der Waals surface area contributed by atoms with Crippen LogP contribution < -0.4 is 10.1 Å². The van der Waals surface area contributed by atoms with Gasteiger partial charge in [0, 0.05) is 30.0 Å². The molecule has 1 N–H and O–H groups in total. The van der Waals surface area contributed by atoms with E-state index in [1.807, 2.05) is 13.8 Å². The van der Waals surface area contributed by atoms with Crippen LogP contribution in [-0.4, -0.2) is 51.1 Å². The molecule has 0 bridgehead atoms. The number of rotatable bonds is 6. The summed E-state index contributed by atoms with van der Waals surface area (Å²) in [6, 6.07) is 7.09. The Labute approximate surface area is 207 Å². The van der Waals surface area contributed by atoms with Crippen molar-refractivity contribution >= 4 is 39.6 Å². The minimum Gasteiger partial charge on any atom is -0.491 e. The van der Waals surface area contributed by atoms with E-state index in [9.17, 15) is 22.8 Å². The molecule has 0 aliphatic carbocycles. The van der Waals surface area contributed by atoms with Crippen LogP contribution in [0.1, 0.15) is 63.5 Å². The summed E-state index contributed by atoms with van der Waals surface area (Å²) in [5.74, 6) is 0.112. The van der Waals surface area contributed by atoms with Gasteiger partial charge < -0.3 is 9.64 Å². The van der Waals surface area contributed by atoms with Crippen molar-refractivity contribution in [3.63, 3.8) is 0 Å². The highest BCUT2D eigenvalue weighted by Crippen LogP contribution is 2.34. The third kappa shape index (κ3) is 6.14. The number of carbonyl (C=O) groups excluding carboxylic acids is 2. The van der Waals surface area contributed by atoms with Crippen molar-refractivity contribution in [2.45, 2.75) is 44.9 Å². The summed E-state index contributed by atoms with van der Waals surface area (Å²) in [5.41, 5.74) is 0.703. The van der Waals surface area contributed by atoms with E-state index in [0.29, 0.717) is 37.2 Å². The Balaban J connectivity index is 1.31. The van der Waals surface area contributed by atoms with Gasteiger partial charge in [0.2, 0.25) is 10.1 Å². The Morgan fingerprint density at radius 1 is 1.14 bits per heavy atom. The topological polar surface area (TPSA) is 97.3 Å². The molecule has 2 amide bonds. The van der Waals surface area contributed by atoms with Crippen LogP contribution in [-0.2, 0) is 6.18 Å². The second-order valence-electron chi connectivity index (χ2n) is 8.19. The average Bonchev–Trinajstić information content (AvgIpc) is 3.49. The normalized spacial score (nSPS) is 14.9. The van der Waals surface area contributed by atoms with Gasteiger partial charge in [-0.3, -0.25) is 14.9 Å². The zero-order valence-corrected chi connectivity index (χ0v) is 20.5. The number of benzene rings is 1. The summed E-state index contributed by atoms with van der Waals surface area (Å²) in [5, 5.41) is 9.66. The Morgan fingerprint density at radius 2 is 1.83 bits per heavy atom. The lowest BCUT2D eigenvalue weighted by molar-refractivity contribution is -0.138. The van der Waals surface area contributed by atoms with Crippen LogP contribution in [0.4, 0.5) is 18.3 Å². The van der Waals surface area contributed by atoms with Gasteiger partial charge in [0.1, 0.15) is 11.4 Å². The van der Waals surface area contributed by atoms with E-state index in [1.54, 1.807) is 34.5 Å². The second-order valence-corrected chi connectivity index (χ2v) is 10.1. The van der Waals surface area contributed by atoms with Gasteiger partial charge in [-0.15, -0.1) is 21.5 Å². The third-order valence-electron chi connectivity index (χ3n) is 5.25. The molecule has 1 aromatic carbocycles. The number of nitrogens with zero attached hydrogens (tertiary/aromatic N) is 4. The number of piperidine rings is 1. The first-order valence-electron chi connectivity index (χ1n) is 10.8. The number of nitrogens with one attached hydrogen (secondary N) is 1. The van der Waals surface area contributed by atoms with Crippen molar-refractivity contribution < 1.29 is 27.5 Å². The molecule has 13 heteroatoms. The van der Waals surface area contributed by atoms with Gasteiger partial charge in [-0.2, -0.15) is 13.2 Å². The minimum atomic E-state index is -4.61. The summed E-state index contributed by atoms with van der Waals surface area (Å²) in [4.78, 5) is 31.4. The van der Waals surface area contributed by atoms with Gasteiger partial charge in [-0.1, -0.05) is 11.3 Å². The SMILES string of the molecule is CC(C)Oc1ccc(C(=O)N2CCC(c3nc(C(=O)Nc4nnc(C(F)(F)F)s4)cs3)CC2)cc1. The molecule has 3 aromatic rings. The molecule has 2 aromatic heterocycles. The maximum atomic E-state index is 12.8. The lowest BCUT2D eigenvalue weighted by atomic mass is 9.97. The minimum absolute atomic E-state index is 0.0472. The molecule has 0 atom stereocenters. The number of carbonyl (C=O) groups is 2. The number of aromatic nitrogens is 3. The van der Waals surface area contributed by atoms with Crippen molar-refractivity contribution in [3.8, 4) is 5.75 Å². The molecule has 4 rings (SSSR count). The predicted molar refractivity (Wildman–Crippen MR) is 125 cm³/mol. The number of thiazole rings is 1. The molecule has 1 saturated heterocycles. The van der Waals surface area contributed by atoms with E-state index >= 15 is 0 Å². The molecule has 1 fully saturated rings. The third-order valence-corrected chi connectivity index (χ3v) is 7.14. The van der Waals surface area contributed by atoms with E-state index in [4.69, 9.17) is 4.74 Å². The zero-order chi connectivity index (χ0) is 25.2. The van der Waals surface area contributed by atoms with E-state index in [1.165, 1.54) is 11.3 Å². The molecule has 3 heterocycles. The van der Waals surface area contributed by atoms with E-state index < -0.39 is 17.1 Å². The fourth-order valence-electron chi connectivity index (χ4n) is 3.59. The molecule has 35 heavy (non-hydrogen) atoms. The van der Waals surface area contributed by atoms with Crippen molar-refractivity contribution in [2.24, 2.45) is 0 Å². The first-order chi connectivity index (χ1) is 16.6. The molecule has 1 aliphatic heterocycles. The monoisotopic (exact) mass is 525 g/mol. The zero-order valence-electron chi connectivity index (χ0n) is 18.8. The molecule has 186 valence electrons. The van der Waals surface area contributed by atoms with Crippen molar-refractivity contribution in [2.75, 3.05) is 18.4 Å². The van der Waals surface area contributed by atoms with E-state index in [-0.39, 0.29) is 40.1 Å². The molecule has 0 saturated carbocycles. The summed E-state index contributed by atoms with van der Waals surface area (Å²) in [6.07, 6.45) is -3.17. The largest absolute Gasteiger partial charge is 0.491 e. The number of ether oxygens (including phenoxy) is 1. The van der Waals surface area contributed by atoms with E-state index in [0.717, 1.165) is 5.01 Å². The number of likely N-dealkylation sites (tertiary alicyclic amines) is 1. The number of halogens is 3. The van der Waals surface area contributed by atoms with Gasteiger partial charge in [-0.25, -0.2) is 4.98 Å². The number of alkyl halides is 3. The van der Waals surface area contributed by atoms with Crippen LogP contribution in [0.15, 0.2) is 29.6 Å². The highest BCUT2D eigenvalue weighted by Gasteiger charge is 2.36. The smallest absolute Gasteiger partial charge is 0.445 e. The van der Waals surface area contributed by atoms with Gasteiger partial charge in [0.15, 0.2) is 0 Å². The van der Waals surface area contributed by atoms with Gasteiger partial charge in [-0.05, 0) is 51.0 Å². The number of hydrogen-bond donors (Lipinski definition) is 1. The summed E-state index contributed by atoms with van der Waals surface area (Å²) < 4.78 is 43.6. The van der Waals surface area contributed by atoms with Gasteiger partial charge >= 0.3 is 6.18 Å². The van der Waals surface area contributed by atoms with Crippen LogP contribution in [0.25, 0.3) is 0 Å². The highest BCUT2D eigenvalue weighted by molar-refractivity contribution is 7.15. The lowest BCUT2D eigenvalue weighted by Crippen LogP contribution is -2.37. The van der Waals surface area contributed by atoms with Crippen molar-refractivity contribution in [1.29, 1.82) is 0 Å². The fraction of sp³-hybridized carbons (Fsp3) is 0.409. The maximum absolute atomic E-state index is 12.8. The van der Waals surface area contributed by atoms with Crippen molar-refractivity contribution in [3.05, 3.63) is 50.9 Å². The number of anilines is 1. The van der Waals surface area contributed by atoms with E-state index in [2.05, 4.69) is 20.5 Å². The standard InChI is InChI=1S/C22H22F3N5O3S2/c1-12(2)33-15-5-3-14(4-6-15)19(32)30-9-7-13(8-10-30)18-26-16(11-34-18)17(31)27-21-29-28-20(35-21)22(23,24)25/h3-6,11-13H,7-10H2,1-2H3,(H,27,29,31). The van der Waals surface area contributed by atoms with Gasteiger partial charge in [0.25, 0.3) is 11.8 Å². The Bertz CT molecular complexity index is 1190. The first-order valence-corrected chi connectivity index (χ1v) is 12.5. The predicted octanol–water partition coefficient (Wildman–Crippen LogP) is 5.07. The van der Waals surface area contributed by atoms with Crippen LogP contribution in [0.5, 0.6) is 5.75 Å². The molecule has 0 spiro atoms. The Morgan fingerprint density at radius 3 is 2.43 bits per heavy atom. The molecule has 1 aliphatic rings. The van der Waals surface area contributed by atoms with Gasteiger partial charge in [0.05, 0.1) is 11.1 Å². The Kier molecular flexibility index (Phi) is 7.36. The average molecular weight is 526 g/mol. The number of hydrogen-bond acceptors (Lipinski definition) is 8. The maximum Gasteiger partial charge on any atom is 0.445 e. The fourth-order valence-corrected chi connectivity index (χ4v) is 5.17. The second kappa shape index (κ2) is 10.3. The summed E-state index contributed by atoms with van der Waals surface area (Å²) >= 11 is 1.57. The van der Waals surface area contributed by atoms with Crippen LogP contribution >= 0.6 is 22.7 Å². The van der Waals surface area contributed by atoms with Crippen LogP contribution in [0.3, 0.4) is 0 Å². The van der Waals surface area contributed by atoms with Crippen LogP contribution in [0, 0.1) is 0 Å². The highest BCUT2D eigenvalue weighted by atomic mass is 32.1. The summed E-state index contributed by atoms with van der Waals surface area (Å²) in [6.45, 7) is 4.98. The first kappa shape index (κ1) is 25.0. The lowest BCUT2D eigenvalue weighted by Gasteiger charge is -2.31. The van der Waals surface area contributed by atoms with Crippen LogP contribution in [0.2, 0.25) is 0 Å². The van der Waals surface area contributed by atoms with Crippen molar-refractivity contribution in [1.82, 2.24) is 20.1 Å². The molecular formula is C22H22F3N5O3S2. The summed E-state index contributed by atoms with van der Waals surface area (Å²) in [7, 11) is 0. The molecule has 8 nitrogen and oxygen atoms in total. The molecule has 0 unspecified atom stereocenters. The quantitative estimate of drug-likeness (QED) is 0.483. The molecule has 0 radical (unpaired) electrons. The molecular weight excluding hydrogens is 503 g/mol.